The van der Waals surface area contributed by atoms with Gasteiger partial charge in [-0.3, -0.25) is 19.7 Å². The normalized spacial score (nSPS) is 18.5. The second-order valence-corrected chi connectivity index (χ2v) is 11.6. The fourth-order valence-corrected chi connectivity index (χ4v) is 6.76. The van der Waals surface area contributed by atoms with Crippen LogP contribution < -0.4 is 16.4 Å². The van der Waals surface area contributed by atoms with Gasteiger partial charge in [0.15, 0.2) is 0 Å². The molecule has 0 bridgehead atoms. The summed E-state index contributed by atoms with van der Waals surface area (Å²) in [5.41, 5.74) is 10.8. The summed E-state index contributed by atoms with van der Waals surface area (Å²) in [4.78, 5) is 39.3. The lowest BCUT2D eigenvalue weighted by Gasteiger charge is -2.43. The molecule has 2 amide bonds. The van der Waals surface area contributed by atoms with Crippen LogP contribution in [0.5, 0.6) is 0 Å². The van der Waals surface area contributed by atoms with E-state index >= 15 is 0 Å². The molecule has 9 heteroatoms. The first-order valence-electron chi connectivity index (χ1n) is 15.1. The first-order valence-corrected chi connectivity index (χ1v) is 15.1. The Morgan fingerprint density at radius 2 is 1.45 bits per heavy atom. The lowest BCUT2D eigenvalue weighted by atomic mass is 9.68. The van der Waals surface area contributed by atoms with E-state index in [9.17, 15) is 19.7 Å². The first-order chi connectivity index (χ1) is 21.2. The maximum Gasteiger partial charge on any atom is 0.269 e. The molecule has 2 heterocycles. The smallest absolute Gasteiger partial charge is 0.269 e. The Morgan fingerprint density at radius 1 is 0.909 bits per heavy atom. The summed E-state index contributed by atoms with van der Waals surface area (Å²) >= 11 is 0. The Kier molecular flexibility index (Phi) is 9.25. The molecule has 0 saturated carbocycles. The van der Waals surface area contributed by atoms with E-state index in [1.54, 1.807) is 26.0 Å². The molecule has 3 aromatic carbocycles. The number of rotatable bonds is 10. The van der Waals surface area contributed by atoms with Crippen LogP contribution in [0.3, 0.4) is 0 Å². The molecule has 44 heavy (non-hydrogen) atoms. The van der Waals surface area contributed by atoms with Crippen LogP contribution in [-0.2, 0) is 15.0 Å². The molecule has 5 rings (SSSR count). The number of hydrogen-bond acceptors (Lipinski definition) is 6. The average molecular weight is 594 g/mol. The van der Waals surface area contributed by atoms with Gasteiger partial charge in [0.1, 0.15) is 0 Å². The van der Waals surface area contributed by atoms with Crippen LogP contribution in [0.1, 0.15) is 55.7 Å². The minimum Gasteiger partial charge on any atom is -0.366 e. The molecule has 1 fully saturated rings. The van der Waals surface area contributed by atoms with Crippen LogP contribution in [-0.4, -0.2) is 47.8 Å². The number of nitrogens with one attached hydrogen (secondary N) is 2. The van der Waals surface area contributed by atoms with Crippen LogP contribution in [0.25, 0.3) is 0 Å². The lowest BCUT2D eigenvalue weighted by Crippen LogP contribution is -2.44. The van der Waals surface area contributed by atoms with Gasteiger partial charge < -0.3 is 21.3 Å². The SMILES string of the molecule is CC1=C(C(N)=O)[C@@H](c2ccc([N+](=O)[O-])cc2)C(C(=O)NCCCN2CCC(c3ccccc3)(c3ccccc3)CC2)=C(C)N1. The van der Waals surface area contributed by atoms with E-state index < -0.39 is 16.7 Å². The van der Waals surface area contributed by atoms with Gasteiger partial charge in [-0.1, -0.05) is 72.8 Å². The van der Waals surface area contributed by atoms with Crippen LogP contribution in [0, 0.1) is 10.1 Å². The van der Waals surface area contributed by atoms with Crippen molar-refractivity contribution in [3.8, 4) is 0 Å². The number of carbonyl (C=O) groups excluding carboxylic acids is 2. The van der Waals surface area contributed by atoms with E-state index in [1.807, 2.05) is 0 Å². The van der Waals surface area contributed by atoms with Crippen molar-refractivity contribution in [2.45, 2.75) is 44.4 Å². The van der Waals surface area contributed by atoms with Crippen LogP contribution in [0.4, 0.5) is 5.69 Å². The predicted octanol–water partition coefficient (Wildman–Crippen LogP) is 4.90. The molecule has 228 valence electrons. The topological polar surface area (TPSA) is 131 Å². The minimum absolute atomic E-state index is 0.0120. The average Bonchev–Trinajstić information content (AvgIpc) is 3.03. The quantitative estimate of drug-likeness (QED) is 0.174. The van der Waals surface area contributed by atoms with Crippen LogP contribution >= 0.6 is 0 Å². The van der Waals surface area contributed by atoms with Gasteiger partial charge in [-0.25, -0.2) is 0 Å². The summed E-state index contributed by atoms with van der Waals surface area (Å²) < 4.78 is 0. The van der Waals surface area contributed by atoms with Gasteiger partial charge in [-0.05, 0) is 69.4 Å². The first kappa shape index (κ1) is 30.7. The van der Waals surface area contributed by atoms with Crippen molar-refractivity contribution in [1.82, 2.24) is 15.5 Å². The minimum atomic E-state index is -0.735. The zero-order valence-corrected chi connectivity index (χ0v) is 25.2. The van der Waals surface area contributed by atoms with Crippen molar-refractivity contribution in [1.29, 1.82) is 0 Å². The number of carbonyl (C=O) groups is 2. The van der Waals surface area contributed by atoms with Crippen molar-refractivity contribution >= 4 is 17.5 Å². The predicted molar refractivity (Wildman–Crippen MR) is 171 cm³/mol. The third kappa shape index (κ3) is 6.28. The summed E-state index contributed by atoms with van der Waals surface area (Å²) in [5, 5.41) is 17.4. The zero-order valence-electron chi connectivity index (χ0n) is 25.2. The Labute approximate surface area is 258 Å². The van der Waals surface area contributed by atoms with Crippen LogP contribution in [0.2, 0.25) is 0 Å². The molecule has 0 spiro atoms. The van der Waals surface area contributed by atoms with Crippen molar-refractivity contribution < 1.29 is 14.5 Å². The molecule has 1 saturated heterocycles. The molecular formula is C35H39N5O4. The molecule has 1 atom stereocenters. The highest BCUT2D eigenvalue weighted by atomic mass is 16.6. The number of nitro benzene ring substituents is 1. The highest BCUT2D eigenvalue weighted by Gasteiger charge is 2.38. The van der Waals surface area contributed by atoms with Gasteiger partial charge in [0.2, 0.25) is 11.8 Å². The number of allylic oxidation sites excluding steroid dienone is 2. The lowest BCUT2D eigenvalue weighted by molar-refractivity contribution is -0.384. The fourth-order valence-electron chi connectivity index (χ4n) is 6.76. The van der Waals surface area contributed by atoms with Gasteiger partial charge in [0, 0.05) is 52.6 Å². The highest BCUT2D eigenvalue weighted by Crippen LogP contribution is 2.42. The van der Waals surface area contributed by atoms with E-state index in [1.165, 1.54) is 23.3 Å². The van der Waals surface area contributed by atoms with Gasteiger partial charge in [-0.2, -0.15) is 0 Å². The monoisotopic (exact) mass is 593 g/mol. The fraction of sp³-hybridized carbons (Fsp3) is 0.314. The summed E-state index contributed by atoms with van der Waals surface area (Å²) in [6, 6.07) is 27.4. The third-order valence-electron chi connectivity index (χ3n) is 9.01. The molecule has 0 radical (unpaired) electrons. The number of nitro groups is 1. The molecule has 2 aliphatic rings. The Balaban J connectivity index is 1.23. The number of amides is 2. The van der Waals surface area contributed by atoms with Crippen molar-refractivity contribution in [2.75, 3.05) is 26.2 Å². The summed E-state index contributed by atoms with van der Waals surface area (Å²) in [5.74, 6) is -1.68. The van der Waals surface area contributed by atoms with Gasteiger partial charge in [0.25, 0.3) is 5.69 Å². The maximum absolute atomic E-state index is 13.6. The van der Waals surface area contributed by atoms with E-state index in [2.05, 4.69) is 76.2 Å². The molecule has 9 nitrogen and oxygen atoms in total. The number of nitrogens with two attached hydrogens (primary N) is 1. The number of dihydropyridines is 1. The standard InChI is InChI=1S/C35H39N5O4/c1-24-30(33(36)41)32(26-14-16-29(17-15-26)40(43)44)31(25(2)38-24)34(42)37-20-9-21-39-22-18-35(19-23-39,27-10-5-3-6-11-27)28-12-7-4-8-13-28/h3-8,10-17,32,38H,9,18-23H2,1-2H3,(H2,36,41)(H,37,42)/t32-/m1/s1. The second-order valence-electron chi connectivity index (χ2n) is 11.6. The number of benzene rings is 3. The van der Waals surface area contributed by atoms with Gasteiger partial charge in [-0.15, -0.1) is 0 Å². The van der Waals surface area contributed by atoms with Gasteiger partial charge >= 0.3 is 0 Å². The largest absolute Gasteiger partial charge is 0.366 e. The molecule has 3 aromatic rings. The number of hydrogen-bond donors (Lipinski definition) is 3. The summed E-state index contributed by atoms with van der Waals surface area (Å²) in [6.45, 7) is 6.76. The van der Waals surface area contributed by atoms with E-state index in [-0.39, 0.29) is 22.6 Å². The molecule has 0 unspecified atom stereocenters. The number of primary amides is 1. The molecule has 0 aliphatic carbocycles. The Morgan fingerprint density at radius 3 is 1.98 bits per heavy atom. The summed E-state index contributed by atoms with van der Waals surface area (Å²) in [6.07, 6.45) is 2.81. The van der Waals surface area contributed by atoms with E-state index in [0.29, 0.717) is 29.1 Å². The second kappa shape index (κ2) is 13.3. The molecular weight excluding hydrogens is 554 g/mol. The number of non-ortho nitro benzene ring substituents is 1. The van der Waals surface area contributed by atoms with Gasteiger partial charge in [0.05, 0.1) is 4.92 Å². The third-order valence-corrected chi connectivity index (χ3v) is 9.01. The maximum atomic E-state index is 13.6. The number of nitrogens with zero attached hydrogens (tertiary/aromatic N) is 2. The molecule has 0 aromatic heterocycles. The number of likely N-dealkylation sites (tertiary alicyclic amines) is 1. The molecule has 4 N–H and O–H groups in total. The van der Waals surface area contributed by atoms with Crippen molar-refractivity contribution in [2.24, 2.45) is 5.73 Å². The Bertz CT molecular complexity index is 1530. The zero-order chi connectivity index (χ0) is 31.3. The molecule has 2 aliphatic heterocycles. The number of piperidine rings is 1. The van der Waals surface area contributed by atoms with Crippen molar-refractivity contribution in [3.63, 3.8) is 0 Å². The van der Waals surface area contributed by atoms with E-state index in [4.69, 9.17) is 5.73 Å². The van der Waals surface area contributed by atoms with Crippen LogP contribution in [0.15, 0.2) is 107 Å². The van der Waals surface area contributed by atoms with Crippen molar-refractivity contribution in [3.05, 3.63) is 134 Å². The van der Waals surface area contributed by atoms with E-state index in [0.717, 1.165) is 38.9 Å². The Hall–Kier alpha value is -4.76. The summed E-state index contributed by atoms with van der Waals surface area (Å²) in [7, 11) is 0. The highest BCUT2D eigenvalue weighted by molar-refractivity contribution is 6.03.